The molecule has 3 rings (SSSR count). The Hall–Kier alpha value is -3.35. The van der Waals surface area contributed by atoms with Gasteiger partial charge >= 0.3 is 6.03 Å². The van der Waals surface area contributed by atoms with Crippen LogP contribution in [0.5, 0.6) is 5.75 Å². The van der Waals surface area contributed by atoms with Crippen LogP contribution in [0.2, 0.25) is 0 Å². The summed E-state index contributed by atoms with van der Waals surface area (Å²) in [5, 5.41) is 2.47. The predicted octanol–water partition coefficient (Wildman–Crippen LogP) is 2.92. The van der Waals surface area contributed by atoms with E-state index in [0.29, 0.717) is 48.5 Å². The van der Waals surface area contributed by atoms with Crippen molar-refractivity contribution in [3.8, 4) is 5.75 Å². The molecule has 0 aliphatic carbocycles. The van der Waals surface area contributed by atoms with Gasteiger partial charge in [0.2, 0.25) is 0 Å². The van der Waals surface area contributed by atoms with Crippen LogP contribution in [0.1, 0.15) is 33.6 Å². The smallest absolute Gasteiger partial charge is 0.316 e. The molecule has 0 saturated carbocycles. The Balaban J connectivity index is 1.60. The highest BCUT2D eigenvalue weighted by atomic mass is 16.5. The van der Waals surface area contributed by atoms with E-state index in [9.17, 15) is 14.4 Å². The standard InChI is InChI=1S/C21H23N3O4/c1-28-18-7-5-14(6-8-18)19(25)15-9-11-24(12-10-15)20(26)16-3-2-4-17(13-16)23-21(22)27/h2-8,13,15H,9-12H2,1H3,(H3,22,23,27). The first-order valence-corrected chi connectivity index (χ1v) is 9.12. The summed E-state index contributed by atoms with van der Waals surface area (Å²) in [6.45, 7) is 1.03. The predicted molar refractivity (Wildman–Crippen MR) is 106 cm³/mol. The minimum atomic E-state index is -0.678. The van der Waals surface area contributed by atoms with Crippen LogP contribution in [-0.4, -0.2) is 42.8 Å². The van der Waals surface area contributed by atoms with Gasteiger partial charge in [-0.25, -0.2) is 4.79 Å². The number of anilines is 1. The number of Topliss-reactive ketones (excluding diaryl/α,β-unsaturated/α-hetero) is 1. The first-order chi connectivity index (χ1) is 13.5. The molecule has 1 saturated heterocycles. The fourth-order valence-electron chi connectivity index (χ4n) is 3.39. The fourth-order valence-corrected chi connectivity index (χ4v) is 3.39. The molecule has 3 N–H and O–H groups in total. The summed E-state index contributed by atoms with van der Waals surface area (Å²) in [6, 6.07) is 13.1. The van der Waals surface area contributed by atoms with Gasteiger partial charge in [-0.1, -0.05) is 6.07 Å². The number of hydrogen-bond acceptors (Lipinski definition) is 4. The first kappa shape index (κ1) is 19.4. The molecule has 0 unspecified atom stereocenters. The van der Waals surface area contributed by atoms with Crippen LogP contribution in [0.15, 0.2) is 48.5 Å². The highest BCUT2D eigenvalue weighted by molar-refractivity contribution is 5.99. The molecular formula is C21H23N3O4. The van der Waals surface area contributed by atoms with Crippen LogP contribution < -0.4 is 15.8 Å². The lowest BCUT2D eigenvalue weighted by atomic mass is 9.88. The van der Waals surface area contributed by atoms with E-state index in [1.807, 2.05) is 0 Å². The van der Waals surface area contributed by atoms with Crippen molar-refractivity contribution >= 4 is 23.4 Å². The van der Waals surface area contributed by atoms with E-state index in [0.717, 1.165) is 0 Å². The molecule has 1 aliphatic heterocycles. The number of hydrogen-bond donors (Lipinski definition) is 2. The summed E-state index contributed by atoms with van der Waals surface area (Å²) in [5.41, 5.74) is 6.73. The van der Waals surface area contributed by atoms with Gasteiger partial charge in [-0.05, 0) is 55.3 Å². The van der Waals surface area contributed by atoms with E-state index in [2.05, 4.69) is 5.32 Å². The molecule has 28 heavy (non-hydrogen) atoms. The number of piperidine rings is 1. The average Bonchev–Trinajstić information content (AvgIpc) is 2.72. The molecule has 3 amide bonds. The monoisotopic (exact) mass is 381 g/mol. The third kappa shape index (κ3) is 4.49. The van der Waals surface area contributed by atoms with E-state index in [-0.39, 0.29) is 17.6 Å². The van der Waals surface area contributed by atoms with Gasteiger partial charge in [0, 0.05) is 35.8 Å². The first-order valence-electron chi connectivity index (χ1n) is 9.12. The van der Waals surface area contributed by atoms with Gasteiger partial charge in [0.15, 0.2) is 5.78 Å². The summed E-state index contributed by atoms with van der Waals surface area (Å²) < 4.78 is 5.12. The number of ketones is 1. The number of amides is 3. The maximum Gasteiger partial charge on any atom is 0.316 e. The lowest BCUT2D eigenvalue weighted by Gasteiger charge is -2.31. The summed E-state index contributed by atoms with van der Waals surface area (Å²) in [7, 11) is 1.59. The number of nitrogens with two attached hydrogens (primary N) is 1. The number of rotatable bonds is 5. The van der Waals surface area contributed by atoms with Crippen LogP contribution in [0.3, 0.4) is 0 Å². The Labute approximate surface area is 163 Å². The molecule has 1 heterocycles. The summed E-state index contributed by atoms with van der Waals surface area (Å²) in [6.07, 6.45) is 1.24. The molecule has 7 nitrogen and oxygen atoms in total. The highest BCUT2D eigenvalue weighted by Crippen LogP contribution is 2.24. The Bertz CT molecular complexity index is 871. The normalized spacial score (nSPS) is 14.4. The maximum absolute atomic E-state index is 12.7. The third-order valence-electron chi connectivity index (χ3n) is 4.90. The number of nitrogens with one attached hydrogen (secondary N) is 1. The number of methoxy groups -OCH3 is 1. The van der Waals surface area contributed by atoms with Crippen molar-refractivity contribution in [2.24, 2.45) is 11.7 Å². The number of urea groups is 1. The van der Waals surface area contributed by atoms with E-state index in [4.69, 9.17) is 10.5 Å². The molecule has 0 radical (unpaired) electrons. The summed E-state index contributed by atoms with van der Waals surface area (Å²) in [4.78, 5) is 38.2. The van der Waals surface area contributed by atoms with E-state index in [1.54, 1.807) is 60.5 Å². The SMILES string of the molecule is COc1ccc(C(=O)C2CCN(C(=O)c3cccc(NC(N)=O)c3)CC2)cc1. The number of carbonyl (C=O) groups is 3. The van der Waals surface area contributed by atoms with Crippen molar-refractivity contribution < 1.29 is 19.1 Å². The van der Waals surface area contributed by atoms with Crippen molar-refractivity contribution in [2.75, 3.05) is 25.5 Å². The van der Waals surface area contributed by atoms with Gasteiger partial charge in [0.25, 0.3) is 5.91 Å². The second kappa shape index (κ2) is 8.56. The van der Waals surface area contributed by atoms with E-state index >= 15 is 0 Å². The van der Waals surface area contributed by atoms with Crippen molar-refractivity contribution in [1.29, 1.82) is 0 Å². The Kier molecular flexibility index (Phi) is 5.93. The summed E-state index contributed by atoms with van der Waals surface area (Å²) >= 11 is 0. The van der Waals surface area contributed by atoms with Crippen LogP contribution in [-0.2, 0) is 0 Å². The number of primary amides is 1. The topological polar surface area (TPSA) is 102 Å². The quantitative estimate of drug-likeness (QED) is 0.778. The van der Waals surface area contributed by atoms with E-state index < -0.39 is 6.03 Å². The molecule has 0 atom stereocenters. The largest absolute Gasteiger partial charge is 0.497 e. The summed E-state index contributed by atoms with van der Waals surface area (Å²) in [5.74, 6) is 0.594. The molecule has 0 spiro atoms. The van der Waals surface area contributed by atoms with Gasteiger partial charge < -0.3 is 20.7 Å². The minimum Gasteiger partial charge on any atom is -0.497 e. The van der Waals surface area contributed by atoms with Gasteiger partial charge in [-0.15, -0.1) is 0 Å². The number of nitrogens with zero attached hydrogens (tertiary/aromatic N) is 1. The van der Waals surface area contributed by atoms with Gasteiger partial charge in [-0.3, -0.25) is 9.59 Å². The number of ether oxygens (including phenoxy) is 1. The second-order valence-corrected chi connectivity index (χ2v) is 6.73. The molecule has 1 aliphatic rings. The molecule has 2 aromatic carbocycles. The van der Waals surface area contributed by atoms with Crippen molar-refractivity contribution in [3.05, 3.63) is 59.7 Å². The van der Waals surface area contributed by atoms with Gasteiger partial charge in [-0.2, -0.15) is 0 Å². The van der Waals surface area contributed by atoms with Crippen LogP contribution >= 0.6 is 0 Å². The molecule has 1 fully saturated rings. The third-order valence-corrected chi connectivity index (χ3v) is 4.90. The van der Waals surface area contributed by atoms with Crippen molar-refractivity contribution in [2.45, 2.75) is 12.8 Å². The molecular weight excluding hydrogens is 358 g/mol. The molecule has 0 aromatic heterocycles. The van der Waals surface area contributed by atoms with Crippen LogP contribution in [0.25, 0.3) is 0 Å². The Morgan fingerprint density at radius 1 is 1.04 bits per heavy atom. The number of likely N-dealkylation sites (tertiary alicyclic amines) is 1. The van der Waals surface area contributed by atoms with Crippen LogP contribution in [0.4, 0.5) is 10.5 Å². The van der Waals surface area contributed by atoms with Gasteiger partial charge in [0.05, 0.1) is 7.11 Å². The number of carbonyl (C=O) groups excluding carboxylic acids is 3. The lowest BCUT2D eigenvalue weighted by molar-refractivity contribution is 0.0650. The highest BCUT2D eigenvalue weighted by Gasteiger charge is 2.28. The lowest BCUT2D eigenvalue weighted by Crippen LogP contribution is -2.40. The zero-order valence-electron chi connectivity index (χ0n) is 15.7. The van der Waals surface area contributed by atoms with Crippen LogP contribution in [0, 0.1) is 5.92 Å². The molecule has 7 heteroatoms. The van der Waals surface area contributed by atoms with Gasteiger partial charge in [0.1, 0.15) is 5.75 Å². The average molecular weight is 381 g/mol. The van der Waals surface area contributed by atoms with Crippen molar-refractivity contribution in [3.63, 3.8) is 0 Å². The van der Waals surface area contributed by atoms with Crippen molar-refractivity contribution in [1.82, 2.24) is 4.90 Å². The second-order valence-electron chi connectivity index (χ2n) is 6.73. The molecule has 2 aromatic rings. The fraction of sp³-hybridized carbons (Fsp3) is 0.286. The zero-order valence-corrected chi connectivity index (χ0v) is 15.7. The minimum absolute atomic E-state index is 0.0969. The zero-order chi connectivity index (χ0) is 20.1. The Morgan fingerprint density at radius 3 is 2.32 bits per heavy atom. The van der Waals surface area contributed by atoms with E-state index in [1.165, 1.54) is 0 Å². The molecule has 146 valence electrons. The number of benzene rings is 2. The molecule has 0 bridgehead atoms. The Morgan fingerprint density at radius 2 is 1.71 bits per heavy atom. The maximum atomic E-state index is 12.7.